The van der Waals surface area contributed by atoms with Crippen molar-refractivity contribution in [2.75, 3.05) is 6.61 Å². The van der Waals surface area contributed by atoms with Crippen LogP contribution in [0.5, 0.6) is 11.5 Å². The Morgan fingerprint density at radius 1 is 1.15 bits per heavy atom. The maximum Gasteiger partial charge on any atom is 0.157 e. The number of hydrogen-bond acceptors (Lipinski definition) is 3. The summed E-state index contributed by atoms with van der Waals surface area (Å²) in [7, 11) is 0. The van der Waals surface area contributed by atoms with Gasteiger partial charge in [0, 0.05) is 6.61 Å². The predicted molar refractivity (Wildman–Crippen MR) is 50.5 cm³/mol. The van der Waals surface area contributed by atoms with Crippen LogP contribution in [0.15, 0.2) is 24.3 Å². The standard InChI is InChI=1S/C10H12O3/c11-6-2-1-3-8-4-5-9(12)10(13)7-8/h1,3-5,7,11-13H,2,6H2. The summed E-state index contributed by atoms with van der Waals surface area (Å²) in [5.74, 6) is -0.259. The van der Waals surface area contributed by atoms with Crippen molar-refractivity contribution < 1.29 is 15.3 Å². The third-order valence-corrected chi connectivity index (χ3v) is 1.61. The zero-order valence-corrected chi connectivity index (χ0v) is 7.14. The van der Waals surface area contributed by atoms with Gasteiger partial charge in [-0.25, -0.2) is 0 Å². The number of aromatic hydroxyl groups is 2. The van der Waals surface area contributed by atoms with E-state index in [0.717, 1.165) is 5.56 Å². The van der Waals surface area contributed by atoms with Crippen molar-refractivity contribution in [1.82, 2.24) is 0 Å². The minimum Gasteiger partial charge on any atom is -0.504 e. The molecular weight excluding hydrogens is 168 g/mol. The number of aliphatic hydroxyl groups excluding tert-OH is 1. The molecule has 0 amide bonds. The molecule has 0 aliphatic heterocycles. The van der Waals surface area contributed by atoms with Crippen molar-refractivity contribution in [2.45, 2.75) is 6.42 Å². The van der Waals surface area contributed by atoms with Gasteiger partial charge in [-0.2, -0.15) is 0 Å². The summed E-state index contributed by atoms with van der Waals surface area (Å²) in [5, 5.41) is 26.6. The zero-order chi connectivity index (χ0) is 9.68. The molecule has 13 heavy (non-hydrogen) atoms. The van der Waals surface area contributed by atoms with E-state index in [1.54, 1.807) is 18.2 Å². The highest BCUT2D eigenvalue weighted by atomic mass is 16.3. The van der Waals surface area contributed by atoms with Crippen molar-refractivity contribution in [3.05, 3.63) is 29.8 Å². The second kappa shape index (κ2) is 4.52. The lowest BCUT2D eigenvalue weighted by Crippen LogP contribution is -1.76. The molecule has 70 valence electrons. The van der Waals surface area contributed by atoms with Crippen molar-refractivity contribution in [3.8, 4) is 11.5 Å². The molecule has 0 atom stereocenters. The second-order valence-corrected chi connectivity index (χ2v) is 2.66. The Morgan fingerprint density at radius 3 is 2.54 bits per heavy atom. The first kappa shape index (κ1) is 9.61. The van der Waals surface area contributed by atoms with E-state index in [2.05, 4.69) is 0 Å². The van der Waals surface area contributed by atoms with Crippen LogP contribution in [0.1, 0.15) is 12.0 Å². The van der Waals surface area contributed by atoms with E-state index in [1.165, 1.54) is 12.1 Å². The molecular formula is C10H12O3. The van der Waals surface area contributed by atoms with E-state index in [-0.39, 0.29) is 18.1 Å². The number of phenols is 2. The van der Waals surface area contributed by atoms with Crippen molar-refractivity contribution in [2.24, 2.45) is 0 Å². The third-order valence-electron chi connectivity index (χ3n) is 1.61. The quantitative estimate of drug-likeness (QED) is 0.617. The molecule has 3 N–H and O–H groups in total. The number of rotatable bonds is 3. The summed E-state index contributed by atoms with van der Waals surface area (Å²) in [6, 6.07) is 4.57. The monoisotopic (exact) mass is 180 g/mol. The molecule has 0 saturated heterocycles. The molecule has 0 heterocycles. The van der Waals surface area contributed by atoms with E-state index in [4.69, 9.17) is 15.3 Å². The molecule has 1 aromatic carbocycles. The summed E-state index contributed by atoms with van der Waals surface area (Å²) in [6.07, 6.45) is 4.16. The smallest absolute Gasteiger partial charge is 0.157 e. The van der Waals surface area contributed by atoms with Crippen LogP contribution in [0.25, 0.3) is 6.08 Å². The zero-order valence-electron chi connectivity index (χ0n) is 7.14. The van der Waals surface area contributed by atoms with Gasteiger partial charge in [-0.05, 0) is 24.1 Å². The minimum atomic E-state index is -0.133. The highest BCUT2D eigenvalue weighted by Crippen LogP contribution is 2.25. The summed E-state index contributed by atoms with van der Waals surface area (Å²) >= 11 is 0. The highest BCUT2D eigenvalue weighted by Gasteiger charge is 1.96. The maximum atomic E-state index is 9.12. The number of aliphatic hydroxyl groups is 1. The van der Waals surface area contributed by atoms with Crippen LogP contribution in [0.3, 0.4) is 0 Å². The molecule has 3 heteroatoms. The largest absolute Gasteiger partial charge is 0.504 e. The highest BCUT2D eigenvalue weighted by molar-refractivity contribution is 5.54. The SMILES string of the molecule is OCCC=Cc1ccc(O)c(O)c1. The average Bonchev–Trinajstić information content (AvgIpc) is 2.12. The van der Waals surface area contributed by atoms with Gasteiger partial charge in [0.05, 0.1) is 0 Å². The van der Waals surface area contributed by atoms with Crippen LogP contribution in [0.2, 0.25) is 0 Å². The fraction of sp³-hybridized carbons (Fsp3) is 0.200. The first-order valence-corrected chi connectivity index (χ1v) is 4.03. The van der Waals surface area contributed by atoms with Crippen molar-refractivity contribution in [3.63, 3.8) is 0 Å². The predicted octanol–water partition coefficient (Wildman–Crippen LogP) is 1.49. The lowest BCUT2D eigenvalue weighted by Gasteiger charge is -1.97. The third kappa shape index (κ3) is 2.80. The number of hydrogen-bond donors (Lipinski definition) is 3. The molecule has 0 aliphatic carbocycles. The first-order valence-electron chi connectivity index (χ1n) is 4.03. The molecule has 0 saturated carbocycles. The molecule has 0 spiro atoms. The fourth-order valence-corrected chi connectivity index (χ4v) is 0.938. The molecule has 0 aromatic heterocycles. The van der Waals surface area contributed by atoms with Gasteiger partial charge in [0.2, 0.25) is 0 Å². The molecule has 1 rings (SSSR count). The van der Waals surface area contributed by atoms with Crippen LogP contribution in [0.4, 0.5) is 0 Å². The number of benzene rings is 1. The Balaban J connectivity index is 2.73. The van der Waals surface area contributed by atoms with E-state index < -0.39 is 0 Å². The molecule has 0 radical (unpaired) electrons. The average molecular weight is 180 g/mol. The van der Waals surface area contributed by atoms with Crippen LogP contribution >= 0.6 is 0 Å². The molecule has 1 aromatic rings. The van der Waals surface area contributed by atoms with Gasteiger partial charge in [-0.15, -0.1) is 0 Å². The van der Waals surface area contributed by atoms with Gasteiger partial charge in [-0.3, -0.25) is 0 Å². The van der Waals surface area contributed by atoms with Gasteiger partial charge >= 0.3 is 0 Å². The van der Waals surface area contributed by atoms with Crippen LogP contribution < -0.4 is 0 Å². The minimum absolute atomic E-state index is 0.112. The van der Waals surface area contributed by atoms with Crippen LogP contribution in [-0.2, 0) is 0 Å². The first-order chi connectivity index (χ1) is 6.24. The normalized spacial score (nSPS) is 10.8. The van der Waals surface area contributed by atoms with Gasteiger partial charge in [-0.1, -0.05) is 18.2 Å². The topological polar surface area (TPSA) is 60.7 Å². The van der Waals surface area contributed by atoms with E-state index in [9.17, 15) is 0 Å². The molecule has 0 aliphatic rings. The number of phenolic OH excluding ortho intramolecular Hbond substituents is 2. The van der Waals surface area contributed by atoms with E-state index in [0.29, 0.717) is 6.42 Å². The Morgan fingerprint density at radius 2 is 1.92 bits per heavy atom. The Hall–Kier alpha value is -1.48. The summed E-state index contributed by atoms with van der Waals surface area (Å²) in [5.41, 5.74) is 0.795. The van der Waals surface area contributed by atoms with Gasteiger partial charge in [0.15, 0.2) is 11.5 Å². The van der Waals surface area contributed by atoms with Gasteiger partial charge < -0.3 is 15.3 Å². The molecule has 0 bridgehead atoms. The van der Waals surface area contributed by atoms with Crippen LogP contribution in [0, 0.1) is 0 Å². The van der Waals surface area contributed by atoms with E-state index in [1.807, 2.05) is 0 Å². The molecule has 3 nitrogen and oxygen atoms in total. The Kier molecular flexibility index (Phi) is 3.34. The van der Waals surface area contributed by atoms with Crippen molar-refractivity contribution >= 4 is 6.08 Å². The summed E-state index contributed by atoms with van der Waals surface area (Å²) in [6.45, 7) is 0.112. The second-order valence-electron chi connectivity index (χ2n) is 2.66. The van der Waals surface area contributed by atoms with Crippen LogP contribution in [-0.4, -0.2) is 21.9 Å². The Labute approximate surface area is 76.6 Å². The molecule has 0 fully saturated rings. The van der Waals surface area contributed by atoms with E-state index >= 15 is 0 Å². The summed E-state index contributed by atoms with van der Waals surface area (Å²) < 4.78 is 0. The van der Waals surface area contributed by atoms with Gasteiger partial charge in [0.1, 0.15) is 0 Å². The summed E-state index contributed by atoms with van der Waals surface area (Å²) in [4.78, 5) is 0. The lowest BCUT2D eigenvalue weighted by molar-refractivity contribution is 0.303. The fourth-order valence-electron chi connectivity index (χ4n) is 0.938. The van der Waals surface area contributed by atoms with Gasteiger partial charge in [0.25, 0.3) is 0 Å². The lowest BCUT2D eigenvalue weighted by atomic mass is 10.2. The Bertz CT molecular complexity index is 305. The maximum absolute atomic E-state index is 9.12. The van der Waals surface area contributed by atoms with Crippen molar-refractivity contribution in [1.29, 1.82) is 0 Å². The molecule has 0 unspecified atom stereocenters.